The number of hydrogen-bond acceptors (Lipinski definition) is 4. The minimum atomic E-state index is -0.521. The van der Waals surface area contributed by atoms with Crippen LogP contribution in [-0.4, -0.2) is 46.9 Å². The zero-order valence-electron chi connectivity index (χ0n) is 10.3. The first-order valence-corrected chi connectivity index (χ1v) is 5.71. The first kappa shape index (κ1) is 13.3. The molecule has 5 heteroatoms. The molecular weight excluding hydrogens is 208 g/mol. The van der Waals surface area contributed by atoms with E-state index in [1.165, 1.54) is 0 Å². The quantitative estimate of drug-likeness (QED) is 0.642. The number of hydrogen-bond donors (Lipinski definition) is 2. The van der Waals surface area contributed by atoms with Gasteiger partial charge in [0.05, 0.1) is 6.10 Å². The Bertz CT molecular complexity index is 238. The zero-order chi connectivity index (χ0) is 12.3. The first-order chi connectivity index (χ1) is 7.29. The second-order valence-corrected chi connectivity index (χ2v) is 5.28. The van der Waals surface area contributed by atoms with Crippen molar-refractivity contribution in [1.29, 1.82) is 0 Å². The summed E-state index contributed by atoms with van der Waals surface area (Å²) in [6.07, 6.45) is 0.280. The highest BCUT2D eigenvalue weighted by Crippen LogP contribution is 2.14. The fourth-order valence-corrected chi connectivity index (χ4v) is 1.62. The standard InChI is InChI=1S/C11H22N2O3/c1-11(2,3)16-10(15)13-6-4-8(12)9(14)5-7-13/h8-9,14H,4-7,12H2,1-3H3/t8-,9+/m1/s1. The third-order valence-electron chi connectivity index (χ3n) is 2.57. The van der Waals surface area contributed by atoms with Gasteiger partial charge in [-0.3, -0.25) is 0 Å². The summed E-state index contributed by atoms with van der Waals surface area (Å²) in [4.78, 5) is 13.4. The van der Waals surface area contributed by atoms with Crippen LogP contribution < -0.4 is 5.73 Å². The van der Waals surface area contributed by atoms with Gasteiger partial charge in [-0.05, 0) is 33.6 Å². The molecule has 0 radical (unpaired) electrons. The van der Waals surface area contributed by atoms with Crippen LogP contribution in [0.1, 0.15) is 33.6 Å². The van der Waals surface area contributed by atoms with Gasteiger partial charge in [-0.2, -0.15) is 0 Å². The van der Waals surface area contributed by atoms with Crippen molar-refractivity contribution in [3.8, 4) is 0 Å². The predicted molar refractivity (Wildman–Crippen MR) is 61.0 cm³/mol. The van der Waals surface area contributed by atoms with Gasteiger partial charge in [-0.15, -0.1) is 0 Å². The number of nitrogens with two attached hydrogens (primary N) is 1. The molecular formula is C11H22N2O3. The SMILES string of the molecule is CC(C)(C)OC(=O)N1CC[C@@H](N)[C@@H](O)CC1. The Hall–Kier alpha value is -0.810. The maximum atomic E-state index is 11.8. The molecule has 94 valence electrons. The Kier molecular flexibility index (Phi) is 4.15. The second-order valence-electron chi connectivity index (χ2n) is 5.28. The normalized spacial score (nSPS) is 27.4. The molecule has 2 atom stereocenters. The van der Waals surface area contributed by atoms with Gasteiger partial charge >= 0.3 is 6.09 Å². The third kappa shape index (κ3) is 3.98. The molecule has 0 aromatic rings. The van der Waals surface area contributed by atoms with Crippen LogP contribution in [-0.2, 0) is 4.74 Å². The Morgan fingerprint density at radius 1 is 1.38 bits per heavy atom. The van der Waals surface area contributed by atoms with Gasteiger partial charge in [0.15, 0.2) is 0 Å². The molecule has 0 aromatic carbocycles. The number of carbonyl (C=O) groups is 1. The minimum absolute atomic E-state index is 0.243. The van der Waals surface area contributed by atoms with Gasteiger partial charge in [-0.25, -0.2) is 4.79 Å². The second kappa shape index (κ2) is 5.01. The van der Waals surface area contributed by atoms with E-state index in [0.29, 0.717) is 25.9 Å². The summed E-state index contributed by atoms with van der Waals surface area (Å²) in [7, 11) is 0. The first-order valence-electron chi connectivity index (χ1n) is 5.71. The molecule has 0 unspecified atom stereocenters. The van der Waals surface area contributed by atoms with E-state index in [1.54, 1.807) is 4.90 Å². The van der Waals surface area contributed by atoms with Gasteiger partial charge in [0.25, 0.3) is 0 Å². The zero-order valence-corrected chi connectivity index (χ0v) is 10.3. The van der Waals surface area contributed by atoms with E-state index in [9.17, 15) is 9.90 Å². The van der Waals surface area contributed by atoms with Crippen molar-refractivity contribution in [2.45, 2.75) is 51.4 Å². The molecule has 0 spiro atoms. The Labute approximate surface area is 96.6 Å². The van der Waals surface area contributed by atoms with Gasteiger partial charge < -0.3 is 20.5 Å². The van der Waals surface area contributed by atoms with Crippen molar-refractivity contribution in [3.63, 3.8) is 0 Å². The van der Waals surface area contributed by atoms with Gasteiger partial charge in [-0.1, -0.05) is 0 Å². The van der Waals surface area contributed by atoms with E-state index >= 15 is 0 Å². The number of nitrogens with zero attached hydrogens (tertiary/aromatic N) is 1. The van der Waals surface area contributed by atoms with E-state index in [0.717, 1.165) is 0 Å². The van der Waals surface area contributed by atoms with E-state index in [-0.39, 0.29) is 12.1 Å². The summed E-state index contributed by atoms with van der Waals surface area (Å²) in [6.45, 7) is 6.56. The maximum absolute atomic E-state index is 11.8. The van der Waals surface area contributed by atoms with Crippen molar-refractivity contribution in [2.24, 2.45) is 5.73 Å². The van der Waals surface area contributed by atoms with Crippen LogP contribution >= 0.6 is 0 Å². The lowest BCUT2D eigenvalue weighted by molar-refractivity contribution is 0.0251. The molecule has 0 aliphatic carbocycles. The number of likely N-dealkylation sites (tertiary alicyclic amines) is 1. The van der Waals surface area contributed by atoms with Crippen molar-refractivity contribution in [1.82, 2.24) is 4.90 Å². The fourth-order valence-electron chi connectivity index (χ4n) is 1.62. The molecule has 0 aromatic heterocycles. The number of amides is 1. The molecule has 5 nitrogen and oxygen atoms in total. The van der Waals surface area contributed by atoms with Crippen LogP contribution in [0, 0.1) is 0 Å². The lowest BCUT2D eigenvalue weighted by atomic mass is 10.1. The predicted octanol–water partition coefficient (Wildman–Crippen LogP) is 0.705. The monoisotopic (exact) mass is 230 g/mol. The summed E-state index contributed by atoms with van der Waals surface area (Å²) in [5.74, 6) is 0. The van der Waals surface area contributed by atoms with Crippen molar-refractivity contribution < 1.29 is 14.6 Å². The molecule has 1 aliphatic heterocycles. The highest BCUT2D eigenvalue weighted by atomic mass is 16.6. The number of ether oxygens (including phenoxy) is 1. The topological polar surface area (TPSA) is 75.8 Å². The fraction of sp³-hybridized carbons (Fsp3) is 0.909. The smallest absolute Gasteiger partial charge is 0.410 e. The molecule has 0 saturated carbocycles. The van der Waals surface area contributed by atoms with E-state index < -0.39 is 11.7 Å². The Morgan fingerprint density at radius 3 is 2.50 bits per heavy atom. The molecule has 1 amide bonds. The summed E-state index contributed by atoms with van der Waals surface area (Å²) < 4.78 is 5.27. The lowest BCUT2D eigenvalue weighted by Gasteiger charge is -2.26. The molecule has 1 saturated heterocycles. The van der Waals surface area contributed by atoms with Crippen LogP contribution in [0.15, 0.2) is 0 Å². The molecule has 1 fully saturated rings. The van der Waals surface area contributed by atoms with Gasteiger partial charge in [0, 0.05) is 19.1 Å². The average Bonchev–Trinajstić information content (AvgIpc) is 2.28. The molecule has 3 N–H and O–H groups in total. The van der Waals surface area contributed by atoms with Crippen LogP contribution in [0.25, 0.3) is 0 Å². The molecule has 1 heterocycles. The van der Waals surface area contributed by atoms with E-state index in [2.05, 4.69) is 0 Å². The van der Waals surface area contributed by atoms with Gasteiger partial charge in [0.1, 0.15) is 5.60 Å². The largest absolute Gasteiger partial charge is 0.444 e. The maximum Gasteiger partial charge on any atom is 0.410 e. The molecule has 1 rings (SSSR count). The highest BCUT2D eigenvalue weighted by Gasteiger charge is 2.27. The number of rotatable bonds is 0. The summed E-state index contributed by atoms with van der Waals surface area (Å²) in [5.41, 5.74) is 5.26. The Morgan fingerprint density at radius 2 is 1.94 bits per heavy atom. The molecule has 16 heavy (non-hydrogen) atoms. The van der Waals surface area contributed by atoms with Gasteiger partial charge in [0.2, 0.25) is 0 Å². The summed E-state index contributed by atoms with van der Waals surface area (Å²) >= 11 is 0. The molecule has 1 aliphatic rings. The summed E-state index contributed by atoms with van der Waals surface area (Å²) in [6, 6.07) is -0.243. The minimum Gasteiger partial charge on any atom is -0.444 e. The van der Waals surface area contributed by atoms with Crippen molar-refractivity contribution >= 4 is 6.09 Å². The average molecular weight is 230 g/mol. The molecule has 0 bridgehead atoms. The van der Waals surface area contributed by atoms with E-state index in [1.807, 2.05) is 20.8 Å². The number of carbonyl (C=O) groups excluding carboxylic acids is 1. The number of aliphatic hydroxyl groups excluding tert-OH is 1. The highest BCUT2D eigenvalue weighted by molar-refractivity contribution is 5.68. The summed E-state index contributed by atoms with van der Waals surface area (Å²) in [5, 5.41) is 9.59. The van der Waals surface area contributed by atoms with Crippen LogP contribution in [0.3, 0.4) is 0 Å². The lowest BCUT2D eigenvalue weighted by Crippen LogP contribution is -2.37. The number of aliphatic hydroxyl groups is 1. The van der Waals surface area contributed by atoms with Crippen LogP contribution in [0.4, 0.5) is 4.79 Å². The van der Waals surface area contributed by atoms with Crippen molar-refractivity contribution in [2.75, 3.05) is 13.1 Å². The van der Waals surface area contributed by atoms with Crippen LogP contribution in [0.2, 0.25) is 0 Å². The Balaban J connectivity index is 2.51. The van der Waals surface area contributed by atoms with E-state index in [4.69, 9.17) is 10.5 Å². The van der Waals surface area contributed by atoms with Crippen molar-refractivity contribution in [3.05, 3.63) is 0 Å². The van der Waals surface area contributed by atoms with Crippen LogP contribution in [0.5, 0.6) is 0 Å². The third-order valence-corrected chi connectivity index (χ3v) is 2.57.